The van der Waals surface area contributed by atoms with Gasteiger partial charge in [-0.2, -0.15) is 0 Å². The number of carbonyl (C=O) groups excluding carboxylic acids is 1. The Morgan fingerprint density at radius 2 is 1.96 bits per heavy atom. The smallest absolute Gasteiger partial charge is 0.319 e. The first kappa shape index (κ1) is 15.6. The number of pyridine rings is 1. The predicted octanol–water partition coefficient (Wildman–Crippen LogP) is 4.16. The van der Waals surface area contributed by atoms with Gasteiger partial charge in [-0.05, 0) is 48.4 Å². The normalized spacial score (nSPS) is 16.2. The molecule has 0 aliphatic heterocycles. The van der Waals surface area contributed by atoms with Crippen LogP contribution in [0.1, 0.15) is 17.5 Å². The number of anilines is 1. The molecule has 0 fully saturated rings. The second-order valence-corrected chi connectivity index (χ2v) is 6.61. The molecule has 2 N–H and O–H groups in total. The van der Waals surface area contributed by atoms with Gasteiger partial charge in [-0.1, -0.05) is 36.4 Å². The monoisotopic (exact) mass is 331 g/mol. The summed E-state index contributed by atoms with van der Waals surface area (Å²) in [5.41, 5.74) is 3.68. The molecule has 1 aliphatic rings. The topological polar surface area (TPSA) is 54.0 Å². The fraction of sp³-hybridized carbons (Fsp3) is 0.238. The highest BCUT2D eigenvalue weighted by molar-refractivity contribution is 6.01. The molecule has 0 saturated carbocycles. The summed E-state index contributed by atoms with van der Waals surface area (Å²) in [6.07, 6.45) is 6.80. The van der Waals surface area contributed by atoms with Crippen molar-refractivity contribution in [1.82, 2.24) is 10.3 Å². The molecule has 0 saturated heterocycles. The molecule has 1 aliphatic carbocycles. The lowest BCUT2D eigenvalue weighted by molar-refractivity contribution is 0.249. The van der Waals surface area contributed by atoms with Crippen LogP contribution in [0.3, 0.4) is 0 Å². The van der Waals surface area contributed by atoms with Gasteiger partial charge in [0.1, 0.15) is 0 Å². The summed E-state index contributed by atoms with van der Waals surface area (Å²) in [5, 5.41) is 8.01. The SMILES string of the molecule is O=C(NCC1CCc2ccccc2C1)Nc1cccc2cnccc12. The predicted molar refractivity (Wildman–Crippen MR) is 101 cm³/mol. The van der Waals surface area contributed by atoms with E-state index in [-0.39, 0.29) is 6.03 Å². The fourth-order valence-corrected chi connectivity index (χ4v) is 3.58. The van der Waals surface area contributed by atoms with Gasteiger partial charge in [0.25, 0.3) is 0 Å². The van der Waals surface area contributed by atoms with Crippen molar-refractivity contribution in [2.45, 2.75) is 19.3 Å². The zero-order valence-electron chi connectivity index (χ0n) is 14.0. The molecule has 126 valence electrons. The molecule has 1 aromatic heterocycles. The van der Waals surface area contributed by atoms with Crippen LogP contribution in [0.25, 0.3) is 10.8 Å². The highest BCUT2D eigenvalue weighted by Gasteiger charge is 2.18. The Morgan fingerprint density at radius 1 is 1.08 bits per heavy atom. The van der Waals surface area contributed by atoms with E-state index in [9.17, 15) is 4.79 Å². The zero-order chi connectivity index (χ0) is 17.1. The number of nitrogens with one attached hydrogen (secondary N) is 2. The van der Waals surface area contributed by atoms with Crippen molar-refractivity contribution >= 4 is 22.5 Å². The Kier molecular flexibility index (Phi) is 4.34. The molecular weight excluding hydrogens is 310 g/mol. The Bertz CT molecular complexity index is 901. The van der Waals surface area contributed by atoms with Gasteiger partial charge in [0.05, 0.1) is 5.69 Å². The molecule has 0 radical (unpaired) electrons. The summed E-state index contributed by atoms with van der Waals surface area (Å²) < 4.78 is 0. The summed E-state index contributed by atoms with van der Waals surface area (Å²) in [4.78, 5) is 16.4. The van der Waals surface area contributed by atoms with Crippen LogP contribution in [-0.4, -0.2) is 17.6 Å². The number of rotatable bonds is 3. The summed E-state index contributed by atoms with van der Waals surface area (Å²) in [6.45, 7) is 0.701. The lowest BCUT2D eigenvalue weighted by Gasteiger charge is -2.24. The maximum Gasteiger partial charge on any atom is 0.319 e. The second-order valence-electron chi connectivity index (χ2n) is 6.61. The number of fused-ring (bicyclic) bond motifs is 2. The van der Waals surface area contributed by atoms with E-state index in [4.69, 9.17) is 0 Å². The molecule has 1 unspecified atom stereocenters. The Labute approximate surface area is 147 Å². The third-order valence-electron chi connectivity index (χ3n) is 4.93. The Hall–Kier alpha value is -2.88. The highest BCUT2D eigenvalue weighted by Crippen LogP contribution is 2.25. The quantitative estimate of drug-likeness (QED) is 0.757. The minimum atomic E-state index is -0.150. The van der Waals surface area contributed by atoms with E-state index in [1.54, 1.807) is 12.4 Å². The fourth-order valence-electron chi connectivity index (χ4n) is 3.58. The van der Waals surface area contributed by atoms with Gasteiger partial charge in [-0.25, -0.2) is 4.79 Å². The number of carbonyl (C=O) groups is 1. The van der Waals surface area contributed by atoms with Crippen molar-refractivity contribution in [3.05, 3.63) is 72.1 Å². The van der Waals surface area contributed by atoms with Gasteiger partial charge in [-0.15, -0.1) is 0 Å². The molecule has 4 rings (SSSR count). The maximum atomic E-state index is 12.3. The molecule has 2 amide bonds. The molecule has 2 aromatic carbocycles. The number of urea groups is 1. The summed E-state index contributed by atoms with van der Waals surface area (Å²) >= 11 is 0. The van der Waals surface area contributed by atoms with E-state index < -0.39 is 0 Å². The minimum Gasteiger partial charge on any atom is -0.338 e. The lowest BCUT2D eigenvalue weighted by atomic mass is 9.84. The van der Waals surface area contributed by atoms with Crippen LogP contribution in [0.15, 0.2) is 60.9 Å². The first-order valence-corrected chi connectivity index (χ1v) is 8.74. The lowest BCUT2D eigenvalue weighted by Crippen LogP contribution is -2.35. The molecule has 4 heteroatoms. The molecule has 25 heavy (non-hydrogen) atoms. The van der Waals surface area contributed by atoms with Gasteiger partial charge in [0.2, 0.25) is 0 Å². The summed E-state index contributed by atoms with van der Waals surface area (Å²) in [7, 11) is 0. The van der Waals surface area contributed by atoms with Gasteiger partial charge in [-0.3, -0.25) is 4.98 Å². The van der Waals surface area contributed by atoms with Gasteiger partial charge >= 0.3 is 6.03 Å². The number of aromatic nitrogens is 1. The minimum absolute atomic E-state index is 0.150. The molecule has 1 atom stereocenters. The van der Waals surface area contributed by atoms with E-state index >= 15 is 0 Å². The molecule has 3 aromatic rings. The average molecular weight is 331 g/mol. The molecular formula is C21H21N3O. The highest BCUT2D eigenvalue weighted by atomic mass is 16.2. The zero-order valence-corrected chi connectivity index (χ0v) is 14.0. The number of nitrogens with zero attached hydrogens (tertiary/aromatic N) is 1. The molecule has 4 nitrogen and oxygen atoms in total. The van der Waals surface area contributed by atoms with Gasteiger partial charge in [0.15, 0.2) is 0 Å². The van der Waals surface area contributed by atoms with Crippen LogP contribution in [0.4, 0.5) is 10.5 Å². The summed E-state index contributed by atoms with van der Waals surface area (Å²) in [5.74, 6) is 0.498. The number of benzene rings is 2. The number of hydrogen-bond donors (Lipinski definition) is 2. The van der Waals surface area contributed by atoms with Crippen molar-refractivity contribution in [1.29, 1.82) is 0 Å². The van der Waals surface area contributed by atoms with Crippen LogP contribution in [0.5, 0.6) is 0 Å². The number of hydrogen-bond acceptors (Lipinski definition) is 2. The molecule has 0 spiro atoms. The van der Waals surface area contributed by atoms with E-state index in [0.29, 0.717) is 12.5 Å². The Morgan fingerprint density at radius 3 is 2.88 bits per heavy atom. The van der Waals surface area contributed by atoms with Crippen LogP contribution in [0, 0.1) is 5.92 Å². The second kappa shape index (κ2) is 6.93. The first-order valence-electron chi connectivity index (χ1n) is 8.74. The first-order chi connectivity index (χ1) is 12.3. The van der Waals surface area contributed by atoms with Crippen molar-refractivity contribution < 1.29 is 4.79 Å². The van der Waals surface area contributed by atoms with Crippen LogP contribution in [-0.2, 0) is 12.8 Å². The van der Waals surface area contributed by atoms with Crippen molar-refractivity contribution in [3.63, 3.8) is 0 Å². The number of aryl methyl sites for hydroxylation is 1. The van der Waals surface area contributed by atoms with E-state index in [1.807, 2.05) is 24.3 Å². The van der Waals surface area contributed by atoms with Crippen LogP contribution >= 0.6 is 0 Å². The van der Waals surface area contributed by atoms with Crippen molar-refractivity contribution in [2.24, 2.45) is 5.92 Å². The standard InChI is InChI=1S/C21H21N3O/c25-21(24-20-7-3-6-18-14-22-11-10-19(18)20)23-13-15-8-9-16-4-1-2-5-17(16)12-15/h1-7,10-11,14-15H,8-9,12-13H2,(H2,23,24,25). The van der Waals surface area contributed by atoms with E-state index in [0.717, 1.165) is 35.7 Å². The van der Waals surface area contributed by atoms with E-state index in [2.05, 4.69) is 39.9 Å². The van der Waals surface area contributed by atoms with Gasteiger partial charge in [0, 0.05) is 29.7 Å². The third-order valence-corrected chi connectivity index (χ3v) is 4.93. The number of amides is 2. The van der Waals surface area contributed by atoms with Gasteiger partial charge < -0.3 is 10.6 Å². The largest absolute Gasteiger partial charge is 0.338 e. The third kappa shape index (κ3) is 3.48. The summed E-state index contributed by atoms with van der Waals surface area (Å²) in [6, 6.07) is 16.2. The van der Waals surface area contributed by atoms with Crippen molar-refractivity contribution in [2.75, 3.05) is 11.9 Å². The van der Waals surface area contributed by atoms with Crippen LogP contribution in [0.2, 0.25) is 0 Å². The average Bonchev–Trinajstić information content (AvgIpc) is 2.66. The maximum absolute atomic E-state index is 12.3. The van der Waals surface area contributed by atoms with E-state index in [1.165, 1.54) is 11.1 Å². The Balaban J connectivity index is 1.37. The molecule has 0 bridgehead atoms. The molecule has 1 heterocycles. The van der Waals surface area contributed by atoms with Crippen LogP contribution < -0.4 is 10.6 Å². The van der Waals surface area contributed by atoms with Crippen molar-refractivity contribution in [3.8, 4) is 0 Å².